The van der Waals surface area contributed by atoms with Crippen LogP contribution >= 0.6 is 12.2 Å². The first-order valence-corrected chi connectivity index (χ1v) is 10.8. The molecule has 0 bridgehead atoms. The standard InChI is InChI=1S/C26H25N3O3S/c1-3-29(20-12-5-4-6-13-20)25(31)21-14-8-9-15-22(21)27-26(33)28-24(30)18-17-19-11-7-10-16-23(19)32-2/h4-18H,3H2,1-2H3,(H2,27,28,30,33)/b18-17+. The normalized spacial score (nSPS) is 10.5. The van der Waals surface area contributed by atoms with Crippen LogP contribution in [0.3, 0.4) is 0 Å². The minimum Gasteiger partial charge on any atom is -0.496 e. The van der Waals surface area contributed by atoms with Gasteiger partial charge in [0.25, 0.3) is 5.91 Å². The first kappa shape index (κ1) is 23.7. The van der Waals surface area contributed by atoms with Crippen LogP contribution in [0.15, 0.2) is 84.9 Å². The summed E-state index contributed by atoms with van der Waals surface area (Å²) in [6, 6.07) is 23.9. The highest BCUT2D eigenvalue weighted by molar-refractivity contribution is 7.80. The molecule has 0 radical (unpaired) electrons. The van der Waals surface area contributed by atoms with Gasteiger partial charge < -0.3 is 15.0 Å². The van der Waals surface area contributed by atoms with Crippen molar-refractivity contribution in [1.82, 2.24) is 5.32 Å². The van der Waals surface area contributed by atoms with Crippen molar-refractivity contribution in [2.24, 2.45) is 0 Å². The van der Waals surface area contributed by atoms with Gasteiger partial charge in [0.1, 0.15) is 5.75 Å². The highest BCUT2D eigenvalue weighted by atomic mass is 32.1. The molecule has 7 heteroatoms. The number of rotatable bonds is 7. The van der Waals surface area contributed by atoms with E-state index in [-0.39, 0.29) is 11.0 Å². The molecule has 3 rings (SSSR count). The molecule has 0 aromatic heterocycles. The van der Waals surface area contributed by atoms with Crippen LogP contribution in [0.4, 0.5) is 11.4 Å². The second-order valence-electron chi connectivity index (χ2n) is 6.95. The zero-order chi connectivity index (χ0) is 23.6. The maximum absolute atomic E-state index is 13.3. The molecule has 0 aliphatic heterocycles. The maximum Gasteiger partial charge on any atom is 0.260 e. The molecule has 0 atom stereocenters. The number of ether oxygens (including phenoxy) is 1. The summed E-state index contributed by atoms with van der Waals surface area (Å²) in [4.78, 5) is 27.3. The number of hydrogen-bond donors (Lipinski definition) is 2. The smallest absolute Gasteiger partial charge is 0.260 e. The van der Waals surface area contributed by atoms with E-state index in [1.165, 1.54) is 6.08 Å². The Kier molecular flexibility index (Phi) is 8.32. The number of nitrogens with one attached hydrogen (secondary N) is 2. The minimum atomic E-state index is -0.401. The fourth-order valence-electron chi connectivity index (χ4n) is 3.25. The van der Waals surface area contributed by atoms with Crippen molar-refractivity contribution in [3.63, 3.8) is 0 Å². The zero-order valence-electron chi connectivity index (χ0n) is 18.4. The lowest BCUT2D eigenvalue weighted by Gasteiger charge is -2.22. The predicted octanol–water partition coefficient (Wildman–Crippen LogP) is 4.89. The van der Waals surface area contributed by atoms with Crippen LogP contribution in [0, 0.1) is 0 Å². The Labute approximate surface area is 198 Å². The van der Waals surface area contributed by atoms with E-state index in [2.05, 4.69) is 10.6 Å². The second-order valence-corrected chi connectivity index (χ2v) is 7.36. The third kappa shape index (κ3) is 6.27. The molecule has 0 fully saturated rings. The number of methoxy groups -OCH3 is 1. The monoisotopic (exact) mass is 459 g/mol. The van der Waals surface area contributed by atoms with Gasteiger partial charge in [-0.05, 0) is 55.5 Å². The lowest BCUT2D eigenvalue weighted by Crippen LogP contribution is -2.35. The summed E-state index contributed by atoms with van der Waals surface area (Å²) in [5.74, 6) is 0.0901. The van der Waals surface area contributed by atoms with E-state index in [0.29, 0.717) is 23.5 Å². The number of amides is 2. The summed E-state index contributed by atoms with van der Waals surface area (Å²) in [7, 11) is 1.57. The Hall–Kier alpha value is -3.97. The number of carbonyl (C=O) groups excluding carboxylic acids is 2. The molecule has 3 aromatic rings. The van der Waals surface area contributed by atoms with Gasteiger partial charge >= 0.3 is 0 Å². The van der Waals surface area contributed by atoms with E-state index in [9.17, 15) is 9.59 Å². The molecule has 33 heavy (non-hydrogen) atoms. The maximum atomic E-state index is 13.3. The Bertz CT molecular complexity index is 1160. The highest BCUT2D eigenvalue weighted by Gasteiger charge is 2.19. The van der Waals surface area contributed by atoms with E-state index in [1.54, 1.807) is 42.4 Å². The van der Waals surface area contributed by atoms with Crippen LogP contribution in [-0.2, 0) is 4.79 Å². The van der Waals surface area contributed by atoms with Crippen LogP contribution < -0.4 is 20.3 Å². The molecule has 2 N–H and O–H groups in total. The molecule has 0 heterocycles. The van der Waals surface area contributed by atoms with Gasteiger partial charge in [0.15, 0.2) is 5.11 Å². The minimum absolute atomic E-state index is 0.0905. The summed E-state index contributed by atoms with van der Waals surface area (Å²) in [5.41, 5.74) is 2.53. The molecule has 0 spiro atoms. The first-order chi connectivity index (χ1) is 16.0. The van der Waals surface area contributed by atoms with Crippen LogP contribution in [-0.4, -0.2) is 30.6 Å². The molecule has 0 saturated carbocycles. The van der Waals surface area contributed by atoms with Crippen molar-refractivity contribution >= 4 is 46.6 Å². The van der Waals surface area contributed by atoms with Gasteiger partial charge in [-0.15, -0.1) is 0 Å². The molecule has 0 unspecified atom stereocenters. The summed E-state index contributed by atoms with van der Waals surface area (Å²) in [6.45, 7) is 2.42. The van der Waals surface area contributed by atoms with Crippen LogP contribution in [0.2, 0.25) is 0 Å². The van der Waals surface area contributed by atoms with E-state index in [1.807, 2.05) is 61.5 Å². The Morgan fingerprint density at radius 1 is 0.970 bits per heavy atom. The lowest BCUT2D eigenvalue weighted by atomic mass is 10.1. The summed E-state index contributed by atoms with van der Waals surface area (Å²) < 4.78 is 5.28. The predicted molar refractivity (Wildman–Crippen MR) is 137 cm³/mol. The molecule has 0 saturated heterocycles. The van der Waals surface area contributed by atoms with Crippen molar-refractivity contribution < 1.29 is 14.3 Å². The Morgan fingerprint density at radius 3 is 2.36 bits per heavy atom. The van der Waals surface area contributed by atoms with Crippen LogP contribution in [0.1, 0.15) is 22.8 Å². The number of para-hydroxylation sites is 3. The fraction of sp³-hybridized carbons (Fsp3) is 0.115. The molecule has 3 aromatic carbocycles. The van der Waals surface area contributed by atoms with Gasteiger partial charge in [-0.25, -0.2) is 0 Å². The van der Waals surface area contributed by atoms with E-state index in [4.69, 9.17) is 17.0 Å². The first-order valence-electron chi connectivity index (χ1n) is 10.4. The SMILES string of the molecule is CCN(C(=O)c1ccccc1NC(=S)NC(=O)/C=C/c1ccccc1OC)c1ccccc1. The quantitative estimate of drug-likeness (QED) is 0.389. The fourth-order valence-corrected chi connectivity index (χ4v) is 3.46. The van der Waals surface area contributed by atoms with Gasteiger partial charge in [-0.3, -0.25) is 14.9 Å². The average molecular weight is 460 g/mol. The summed E-state index contributed by atoms with van der Waals surface area (Å²) in [5, 5.41) is 5.66. The van der Waals surface area contributed by atoms with Gasteiger partial charge in [0.2, 0.25) is 5.91 Å². The highest BCUT2D eigenvalue weighted by Crippen LogP contribution is 2.22. The molecule has 168 valence electrons. The number of anilines is 2. The third-order valence-corrected chi connectivity index (χ3v) is 5.03. The van der Waals surface area contributed by atoms with Crippen LogP contribution in [0.5, 0.6) is 5.75 Å². The zero-order valence-corrected chi connectivity index (χ0v) is 19.3. The lowest BCUT2D eigenvalue weighted by molar-refractivity contribution is -0.115. The molecule has 0 aliphatic carbocycles. The molecule has 0 aliphatic rings. The van der Waals surface area contributed by atoms with Crippen molar-refractivity contribution in [3.8, 4) is 5.75 Å². The van der Waals surface area contributed by atoms with E-state index >= 15 is 0 Å². The largest absolute Gasteiger partial charge is 0.496 e. The molecule has 6 nitrogen and oxygen atoms in total. The Morgan fingerprint density at radius 2 is 1.64 bits per heavy atom. The molecular formula is C26H25N3O3S. The van der Waals surface area contributed by atoms with Gasteiger partial charge in [0.05, 0.1) is 18.4 Å². The second kappa shape index (κ2) is 11.6. The third-order valence-electron chi connectivity index (χ3n) is 4.82. The summed E-state index contributed by atoms with van der Waals surface area (Å²) in [6.07, 6.45) is 3.02. The number of thiocarbonyl (C=S) groups is 1. The number of benzene rings is 3. The number of carbonyl (C=O) groups is 2. The Balaban J connectivity index is 1.70. The van der Waals surface area contributed by atoms with Crippen molar-refractivity contribution in [1.29, 1.82) is 0 Å². The number of hydrogen-bond acceptors (Lipinski definition) is 4. The number of nitrogens with zero attached hydrogens (tertiary/aromatic N) is 1. The van der Waals surface area contributed by atoms with E-state index in [0.717, 1.165) is 11.3 Å². The molecular weight excluding hydrogens is 434 g/mol. The van der Waals surface area contributed by atoms with Crippen LogP contribution in [0.25, 0.3) is 6.08 Å². The van der Waals surface area contributed by atoms with Gasteiger partial charge in [0, 0.05) is 23.9 Å². The van der Waals surface area contributed by atoms with Gasteiger partial charge in [-0.2, -0.15) is 0 Å². The van der Waals surface area contributed by atoms with E-state index < -0.39 is 5.91 Å². The van der Waals surface area contributed by atoms with Gasteiger partial charge in [-0.1, -0.05) is 48.5 Å². The van der Waals surface area contributed by atoms with Crippen molar-refractivity contribution in [2.75, 3.05) is 23.9 Å². The van der Waals surface area contributed by atoms with Crippen molar-refractivity contribution in [3.05, 3.63) is 96.1 Å². The molecule has 2 amide bonds. The topological polar surface area (TPSA) is 70.7 Å². The summed E-state index contributed by atoms with van der Waals surface area (Å²) >= 11 is 5.30. The van der Waals surface area contributed by atoms with Crippen molar-refractivity contribution in [2.45, 2.75) is 6.92 Å². The average Bonchev–Trinajstić information content (AvgIpc) is 2.84.